The minimum atomic E-state index is 0.606. The van der Waals surface area contributed by atoms with Crippen LogP contribution in [0.25, 0.3) is 0 Å². The zero-order valence-electron chi connectivity index (χ0n) is 11.2. The monoisotopic (exact) mass is 236 g/mol. The van der Waals surface area contributed by atoms with Gasteiger partial charge in [-0.05, 0) is 18.9 Å². The van der Waals surface area contributed by atoms with Crippen LogP contribution in [-0.2, 0) is 6.54 Å². The van der Waals surface area contributed by atoms with Gasteiger partial charge in [0.15, 0.2) is 0 Å². The fourth-order valence-electron chi connectivity index (χ4n) is 2.04. The average molecular weight is 236 g/mol. The Morgan fingerprint density at radius 1 is 1.29 bits per heavy atom. The molecule has 0 aliphatic heterocycles. The van der Waals surface area contributed by atoms with Gasteiger partial charge in [-0.2, -0.15) is 0 Å². The fourth-order valence-corrected chi connectivity index (χ4v) is 2.04. The van der Waals surface area contributed by atoms with E-state index in [2.05, 4.69) is 30.2 Å². The highest BCUT2D eigenvalue weighted by Crippen LogP contribution is 2.14. The molecule has 96 valence electrons. The molecule has 0 bridgehead atoms. The van der Waals surface area contributed by atoms with E-state index in [0.717, 1.165) is 18.0 Å². The SMILES string of the molecule is CCCC(CCC)NCc1cccnc1OC. The quantitative estimate of drug-likeness (QED) is 0.753. The molecule has 0 fully saturated rings. The third-order valence-corrected chi connectivity index (χ3v) is 2.90. The Hall–Kier alpha value is -1.09. The van der Waals surface area contributed by atoms with Crippen molar-refractivity contribution in [3.8, 4) is 5.88 Å². The molecule has 1 rings (SSSR count). The summed E-state index contributed by atoms with van der Waals surface area (Å²) in [5.74, 6) is 0.728. The number of hydrogen-bond acceptors (Lipinski definition) is 3. The maximum Gasteiger partial charge on any atom is 0.217 e. The first-order valence-electron chi connectivity index (χ1n) is 6.53. The predicted molar refractivity (Wildman–Crippen MR) is 71.2 cm³/mol. The Bertz CT molecular complexity index is 309. The second kappa shape index (κ2) is 8.07. The lowest BCUT2D eigenvalue weighted by molar-refractivity contribution is 0.384. The molecule has 17 heavy (non-hydrogen) atoms. The van der Waals surface area contributed by atoms with E-state index < -0.39 is 0 Å². The lowest BCUT2D eigenvalue weighted by atomic mass is 10.1. The van der Waals surface area contributed by atoms with Gasteiger partial charge >= 0.3 is 0 Å². The number of hydrogen-bond donors (Lipinski definition) is 1. The average Bonchev–Trinajstić information content (AvgIpc) is 2.37. The summed E-state index contributed by atoms with van der Waals surface area (Å²) in [4.78, 5) is 4.20. The molecule has 0 aromatic carbocycles. The van der Waals surface area contributed by atoms with Gasteiger partial charge in [-0.25, -0.2) is 4.98 Å². The third kappa shape index (κ3) is 4.73. The topological polar surface area (TPSA) is 34.2 Å². The van der Waals surface area contributed by atoms with Crippen LogP contribution in [0, 0.1) is 0 Å². The van der Waals surface area contributed by atoms with Crippen LogP contribution in [-0.4, -0.2) is 18.1 Å². The Labute approximate surface area is 105 Å². The van der Waals surface area contributed by atoms with E-state index in [4.69, 9.17) is 4.74 Å². The van der Waals surface area contributed by atoms with Crippen LogP contribution in [0.1, 0.15) is 45.1 Å². The van der Waals surface area contributed by atoms with Crippen LogP contribution in [0.5, 0.6) is 5.88 Å². The van der Waals surface area contributed by atoms with Gasteiger partial charge in [0.1, 0.15) is 0 Å². The van der Waals surface area contributed by atoms with Gasteiger partial charge in [0.25, 0.3) is 0 Å². The highest BCUT2D eigenvalue weighted by atomic mass is 16.5. The summed E-state index contributed by atoms with van der Waals surface area (Å²) in [5, 5.41) is 3.59. The maximum absolute atomic E-state index is 5.25. The molecular weight excluding hydrogens is 212 g/mol. The summed E-state index contributed by atoms with van der Waals surface area (Å²) >= 11 is 0. The summed E-state index contributed by atoms with van der Waals surface area (Å²) in [6.07, 6.45) is 6.68. The Kier molecular flexibility index (Phi) is 6.63. The molecule has 0 aliphatic rings. The molecule has 3 nitrogen and oxygen atoms in total. The van der Waals surface area contributed by atoms with Crippen molar-refractivity contribution in [2.75, 3.05) is 7.11 Å². The largest absolute Gasteiger partial charge is 0.481 e. The Morgan fingerprint density at radius 3 is 2.59 bits per heavy atom. The fraction of sp³-hybridized carbons (Fsp3) is 0.643. The van der Waals surface area contributed by atoms with Crippen molar-refractivity contribution in [1.29, 1.82) is 0 Å². The van der Waals surface area contributed by atoms with Gasteiger partial charge in [0.2, 0.25) is 5.88 Å². The van der Waals surface area contributed by atoms with Gasteiger partial charge in [-0.1, -0.05) is 32.8 Å². The van der Waals surface area contributed by atoms with E-state index in [1.54, 1.807) is 13.3 Å². The minimum absolute atomic E-state index is 0.606. The Morgan fingerprint density at radius 2 is 2.00 bits per heavy atom. The van der Waals surface area contributed by atoms with E-state index in [9.17, 15) is 0 Å². The zero-order chi connectivity index (χ0) is 12.5. The molecule has 1 heterocycles. The molecule has 1 aromatic rings. The van der Waals surface area contributed by atoms with E-state index in [1.165, 1.54) is 25.7 Å². The highest BCUT2D eigenvalue weighted by Gasteiger charge is 2.08. The summed E-state index contributed by atoms with van der Waals surface area (Å²) in [6, 6.07) is 4.62. The normalized spacial score (nSPS) is 10.8. The minimum Gasteiger partial charge on any atom is -0.481 e. The van der Waals surface area contributed by atoms with Crippen LogP contribution >= 0.6 is 0 Å². The zero-order valence-corrected chi connectivity index (χ0v) is 11.2. The number of nitrogens with zero attached hydrogens (tertiary/aromatic N) is 1. The first-order valence-corrected chi connectivity index (χ1v) is 6.53. The predicted octanol–water partition coefficient (Wildman–Crippen LogP) is 3.15. The van der Waals surface area contributed by atoms with Gasteiger partial charge in [0, 0.05) is 24.3 Å². The summed E-state index contributed by atoms with van der Waals surface area (Å²) in [7, 11) is 1.67. The molecule has 0 amide bonds. The molecule has 1 N–H and O–H groups in total. The van der Waals surface area contributed by atoms with Crippen LogP contribution in [0.3, 0.4) is 0 Å². The first-order chi connectivity index (χ1) is 8.31. The van der Waals surface area contributed by atoms with Crippen molar-refractivity contribution in [3.05, 3.63) is 23.9 Å². The number of aromatic nitrogens is 1. The van der Waals surface area contributed by atoms with Crippen molar-refractivity contribution < 1.29 is 4.74 Å². The lowest BCUT2D eigenvalue weighted by Crippen LogP contribution is -2.28. The molecule has 3 heteroatoms. The number of pyridine rings is 1. The first kappa shape index (κ1) is 14.0. The molecule has 0 aliphatic carbocycles. The molecule has 0 saturated carbocycles. The number of methoxy groups -OCH3 is 1. The lowest BCUT2D eigenvalue weighted by Gasteiger charge is -2.18. The molecule has 0 spiro atoms. The number of ether oxygens (including phenoxy) is 1. The number of rotatable bonds is 8. The van der Waals surface area contributed by atoms with E-state index in [-0.39, 0.29) is 0 Å². The van der Waals surface area contributed by atoms with E-state index in [0.29, 0.717) is 6.04 Å². The highest BCUT2D eigenvalue weighted by molar-refractivity contribution is 5.25. The van der Waals surface area contributed by atoms with Crippen LogP contribution in [0.2, 0.25) is 0 Å². The van der Waals surface area contributed by atoms with Gasteiger partial charge in [-0.15, -0.1) is 0 Å². The van der Waals surface area contributed by atoms with E-state index in [1.807, 2.05) is 6.07 Å². The standard InChI is InChI=1S/C14H24N2O/c1-4-7-13(8-5-2)16-11-12-9-6-10-15-14(12)17-3/h6,9-10,13,16H,4-5,7-8,11H2,1-3H3. The molecular formula is C14H24N2O. The third-order valence-electron chi connectivity index (χ3n) is 2.90. The second-order valence-electron chi connectivity index (χ2n) is 4.33. The van der Waals surface area contributed by atoms with Crippen molar-refractivity contribution in [3.63, 3.8) is 0 Å². The maximum atomic E-state index is 5.25. The smallest absolute Gasteiger partial charge is 0.217 e. The van der Waals surface area contributed by atoms with E-state index >= 15 is 0 Å². The van der Waals surface area contributed by atoms with Crippen molar-refractivity contribution >= 4 is 0 Å². The summed E-state index contributed by atoms with van der Waals surface area (Å²) in [5.41, 5.74) is 1.13. The van der Waals surface area contributed by atoms with Crippen molar-refractivity contribution in [1.82, 2.24) is 10.3 Å². The van der Waals surface area contributed by atoms with Crippen LogP contribution in [0.15, 0.2) is 18.3 Å². The molecule has 0 radical (unpaired) electrons. The van der Waals surface area contributed by atoms with Crippen molar-refractivity contribution in [2.24, 2.45) is 0 Å². The molecule has 0 unspecified atom stereocenters. The Balaban J connectivity index is 2.52. The van der Waals surface area contributed by atoms with Gasteiger partial charge in [0.05, 0.1) is 7.11 Å². The molecule has 1 aromatic heterocycles. The summed E-state index contributed by atoms with van der Waals surface area (Å²) in [6.45, 7) is 5.30. The van der Waals surface area contributed by atoms with Crippen LogP contribution in [0.4, 0.5) is 0 Å². The van der Waals surface area contributed by atoms with Crippen LogP contribution < -0.4 is 10.1 Å². The van der Waals surface area contributed by atoms with Gasteiger partial charge < -0.3 is 10.1 Å². The van der Waals surface area contributed by atoms with Crippen molar-refractivity contribution in [2.45, 2.75) is 52.1 Å². The molecule has 0 atom stereocenters. The summed E-state index contributed by atoms with van der Waals surface area (Å²) < 4.78 is 5.25. The second-order valence-corrected chi connectivity index (χ2v) is 4.33. The van der Waals surface area contributed by atoms with Gasteiger partial charge in [-0.3, -0.25) is 0 Å². The number of nitrogens with one attached hydrogen (secondary N) is 1. The molecule has 0 saturated heterocycles.